The molecule has 1 aromatic rings. The van der Waals surface area contributed by atoms with Crippen molar-refractivity contribution in [3.8, 4) is 0 Å². The first-order valence-corrected chi connectivity index (χ1v) is 4.76. The fourth-order valence-corrected chi connectivity index (χ4v) is 1.11. The molecule has 0 heterocycles. The molecular formula is C11H14N2O3. The maximum absolute atomic E-state index is 11.4. The number of nitrogens with zero attached hydrogens (tertiary/aromatic N) is 1. The average Bonchev–Trinajstić information content (AvgIpc) is 2.16. The molecule has 0 fully saturated rings. The van der Waals surface area contributed by atoms with Gasteiger partial charge in [0.15, 0.2) is 0 Å². The Balaban J connectivity index is 2.71. The summed E-state index contributed by atoms with van der Waals surface area (Å²) >= 11 is 0. The first kappa shape index (κ1) is 12.2. The van der Waals surface area contributed by atoms with Crippen LogP contribution in [-0.4, -0.2) is 31.0 Å². The zero-order valence-corrected chi connectivity index (χ0v) is 9.48. The van der Waals surface area contributed by atoms with Gasteiger partial charge in [-0.15, -0.1) is 5.06 Å². The van der Waals surface area contributed by atoms with Gasteiger partial charge in [0.25, 0.3) is 0 Å². The first-order chi connectivity index (χ1) is 7.49. The van der Waals surface area contributed by atoms with E-state index in [0.29, 0.717) is 11.3 Å². The quantitative estimate of drug-likeness (QED) is 0.783. The van der Waals surface area contributed by atoms with E-state index in [1.54, 1.807) is 38.4 Å². The van der Waals surface area contributed by atoms with E-state index in [2.05, 4.69) is 5.32 Å². The lowest BCUT2D eigenvalue weighted by atomic mass is 10.2. The number of amides is 1. The molecular weight excluding hydrogens is 208 g/mol. The van der Waals surface area contributed by atoms with E-state index in [1.807, 2.05) is 0 Å². The molecule has 1 rings (SSSR count). The van der Waals surface area contributed by atoms with Crippen molar-refractivity contribution in [1.82, 2.24) is 5.06 Å². The Morgan fingerprint density at radius 2 is 1.75 bits per heavy atom. The third-order valence-electron chi connectivity index (χ3n) is 1.71. The van der Waals surface area contributed by atoms with Crippen molar-refractivity contribution in [2.45, 2.75) is 6.92 Å². The Labute approximate surface area is 94.0 Å². The Morgan fingerprint density at radius 1 is 1.19 bits per heavy atom. The Hall–Kier alpha value is -1.88. The number of carbonyl (C=O) groups excluding carboxylic acids is 2. The molecule has 1 N–H and O–H groups in total. The van der Waals surface area contributed by atoms with E-state index in [-0.39, 0.29) is 5.91 Å². The highest BCUT2D eigenvalue weighted by Gasteiger charge is 2.08. The highest BCUT2D eigenvalue weighted by Crippen LogP contribution is 2.10. The largest absolute Gasteiger partial charge is 0.364 e. The highest BCUT2D eigenvalue weighted by molar-refractivity contribution is 5.91. The average molecular weight is 222 g/mol. The summed E-state index contributed by atoms with van der Waals surface area (Å²) in [6, 6.07) is 6.48. The van der Waals surface area contributed by atoms with Crippen LogP contribution in [0.4, 0.5) is 5.69 Å². The molecule has 86 valence electrons. The second-order valence-electron chi connectivity index (χ2n) is 3.45. The van der Waals surface area contributed by atoms with Crippen LogP contribution >= 0.6 is 0 Å². The SMILES string of the molecule is CC(=O)Nc1ccc(C(=O)ON(C)C)cc1. The molecule has 0 spiro atoms. The van der Waals surface area contributed by atoms with Crippen LogP contribution in [0.25, 0.3) is 0 Å². The summed E-state index contributed by atoms with van der Waals surface area (Å²) in [5.74, 6) is -0.581. The van der Waals surface area contributed by atoms with Gasteiger partial charge in [-0.1, -0.05) is 0 Å². The number of hydrogen-bond donors (Lipinski definition) is 1. The van der Waals surface area contributed by atoms with Crippen LogP contribution < -0.4 is 5.32 Å². The maximum atomic E-state index is 11.4. The zero-order valence-electron chi connectivity index (χ0n) is 9.48. The van der Waals surface area contributed by atoms with Gasteiger partial charge < -0.3 is 10.2 Å². The van der Waals surface area contributed by atoms with Gasteiger partial charge in [-0.05, 0) is 24.3 Å². The third kappa shape index (κ3) is 3.70. The van der Waals surface area contributed by atoms with Crippen LogP contribution in [-0.2, 0) is 9.63 Å². The van der Waals surface area contributed by atoms with Gasteiger partial charge in [-0.3, -0.25) is 4.79 Å². The topological polar surface area (TPSA) is 58.6 Å². The molecule has 0 unspecified atom stereocenters. The summed E-state index contributed by atoms with van der Waals surface area (Å²) < 4.78 is 0. The molecule has 0 aliphatic carbocycles. The van der Waals surface area contributed by atoms with Crippen LogP contribution in [0.2, 0.25) is 0 Å². The molecule has 5 nitrogen and oxygen atoms in total. The lowest BCUT2D eigenvalue weighted by molar-refractivity contribution is -0.114. The molecule has 0 saturated heterocycles. The molecule has 0 saturated carbocycles. The molecule has 0 aromatic heterocycles. The lowest BCUT2D eigenvalue weighted by Crippen LogP contribution is -2.18. The van der Waals surface area contributed by atoms with Crippen molar-refractivity contribution in [2.75, 3.05) is 19.4 Å². The van der Waals surface area contributed by atoms with Gasteiger partial charge in [-0.25, -0.2) is 4.79 Å². The van der Waals surface area contributed by atoms with E-state index in [1.165, 1.54) is 12.0 Å². The van der Waals surface area contributed by atoms with Gasteiger partial charge >= 0.3 is 5.97 Å². The van der Waals surface area contributed by atoms with Gasteiger partial charge in [-0.2, -0.15) is 0 Å². The fourth-order valence-electron chi connectivity index (χ4n) is 1.11. The molecule has 16 heavy (non-hydrogen) atoms. The molecule has 0 aliphatic rings. The summed E-state index contributed by atoms with van der Waals surface area (Å²) in [5, 5.41) is 3.93. The van der Waals surface area contributed by atoms with Crippen molar-refractivity contribution in [2.24, 2.45) is 0 Å². The maximum Gasteiger partial charge on any atom is 0.356 e. The smallest absolute Gasteiger partial charge is 0.356 e. The second kappa shape index (κ2) is 5.27. The number of anilines is 1. The minimum atomic E-state index is -0.431. The van der Waals surface area contributed by atoms with Crippen molar-refractivity contribution in [3.63, 3.8) is 0 Å². The van der Waals surface area contributed by atoms with Crippen LogP contribution in [0.1, 0.15) is 17.3 Å². The summed E-state index contributed by atoms with van der Waals surface area (Å²) in [5.41, 5.74) is 1.08. The van der Waals surface area contributed by atoms with E-state index in [4.69, 9.17) is 4.84 Å². The minimum absolute atomic E-state index is 0.149. The lowest BCUT2D eigenvalue weighted by Gasteiger charge is -2.10. The molecule has 0 atom stereocenters. The molecule has 0 aliphatic heterocycles. The van der Waals surface area contributed by atoms with Gasteiger partial charge in [0.1, 0.15) is 0 Å². The Kier molecular flexibility index (Phi) is 4.02. The van der Waals surface area contributed by atoms with E-state index in [9.17, 15) is 9.59 Å². The van der Waals surface area contributed by atoms with E-state index >= 15 is 0 Å². The summed E-state index contributed by atoms with van der Waals surface area (Å²) in [6.07, 6.45) is 0. The standard InChI is InChI=1S/C11H14N2O3/c1-8(14)12-10-6-4-9(5-7-10)11(15)16-13(2)3/h4-7H,1-3H3,(H,12,14). The Morgan fingerprint density at radius 3 is 2.19 bits per heavy atom. The fraction of sp³-hybridized carbons (Fsp3) is 0.273. The molecule has 1 aromatic carbocycles. The van der Waals surface area contributed by atoms with Gasteiger partial charge in [0, 0.05) is 26.7 Å². The summed E-state index contributed by atoms with van der Waals surface area (Å²) in [4.78, 5) is 27.1. The zero-order chi connectivity index (χ0) is 12.1. The van der Waals surface area contributed by atoms with Crippen molar-refractivity contribution in [1.29, 1.82) is 0 Å². The summed E-state index contributed by atoms with van der Waals surface area (Å²) in [6.45, 7) is 1.42. The second-order valence-corrected chi connectivity index (χ2v) is 3.45. The van der Waals surface area contributed by atoms with Gasteiger partial charge in [0.2, 0.25) is 5.91 Å². The number of hydroxylamine groups is 2. The minimum Gasteiger partial charge on any atom is -0.364 e. The number of hydrogen-bond acceptors (Lipinski definition) is 4. The summed E-state index contributed by atoms with van der Waals surface area (Å²) in [7, 11) is 3.26. The third-order valence-corrected chi connectivity index (χ3v) is 1.71. The van der Waals surface area contributed by atoms with E-state index in [0.717, 1.165) is 0 Å². The Bertz CT molecular complexity index is 385. The van der Waals surface area contributed by atoms with Gasteiger partial charge in [0.05, 0.1) is 5.56 Å². The molecule has 0 radical (unpaired) electrons. The molecule has 5 heteroatoms. The normalized spacial score (nSPS) is 10.0. The van der Waals surface area contributed by atoms with Crippen LogP contribution in [0.3, 0.4) is 0 Å². The predicted molar refractivity (Wildman–Crippen MR) is 59.8 cm³/mol. The monoisotopic (exact) mass is 222 g/mol. The van der Waals surface area contributed by atoms with Crippen LogP contribution in [0.5, 0.6) is 0 Å². The number of benzene rings is 1. The predicted octanol–water partition coefficient (Wildman–Crippen LogP) is 1.28. The van der Waals surface area contributed by atoms with Crippen molar-refractivity contribution in [3.05, 3.63) is 29.8 Å². The van der Waals surface area contributed by atoms with E-state index < -0.39 is 5.97 Å². The van der Waals surface area contributed by atoms with Crippen LogP contribution in [0, 0.1) is 0 Å². The van der Waals surface area contributed by atoms with Crippen molar-refractivity contribution >= 4 is 17.6 Å². The highest BCUT2D eigenvalue weighted by atomic mass is 16.7. The van der Waals surface area contributed by atoms with Crippen LogP contribution in [0.15, 0.2) is 24.3 Å². The molecule has 1 amide bonds. The van der Waals surface area contributed by atoms with Crippen molar-refractivity contribution < 1.29 is 14.4 Å². The molecule has 0 bridgehead atoms. The first-order valence-electron chi connectivity index (χ1n) is 4.76. The number of carbonyl (C=O) groups is 2. The number of rotatable bonds is 3. The number of nitrogens with one attached hydrogen (secondary N) is 1.